The van der Waals surface area contributed by atoms with E-state index < -0.39 is 11.6 Å². The summed E-state index contributed by atoms with van der Waals surface area (Å²) in [6.45, 7) is 0. The molecule has 0 aromatic heterocycles. The van der Waals surface area contributed by atoms with Crippen LogP contribution in [0.25, 0.3) is 0 Å². The monoisotopic (exact) mass is 224 g/mol. The summed E-state index contributed by atoms with van der Waals surface area (Å²) in [6.07, 6.45) is 3.66. The molecule has 0 saturated heterocycles. The highest BCUT2D eigenvalue weighted by atomic mass is 19.2. The molecule has 0 bridgehead atoms. The molecule has 2 rings (SSSR count). The second-order valence-electron chi connectivity index (χ2n) is 4.33. The molecule has 0 radical (unpaired) electrons. The molecule has 0 heterocycles. The minimum absolute atomic E-state index is 0.120. The number of hydrogen-bond donors (Lipinski definition) is 0. The molecule has 1 fully saturated rings. The lowest BCUT2D eigenvalue weighted by molar-refractivity contribution is -0.124. The molecule has 1 aliphatic carbocycles. The van der Waals surface area contributed by atoms with Crippen molar-refractivity contribution in [3.63, 3.8) is 0 Å². The lowest BCUT2D eigenvalue weighted by Gasteiger charge is -2.20. The smallest absolute Gasteiger partial charge is 0.162 e. The van der Waals surface area contributed by atoms with Gasteiger partial charge < -0.3 is 0 Å². The first-order valence-corrected chi connectivity index (χ1v) is 5.64. The Morgan fingerprint density at radius 2 is 2.06 bits per heavy atom. The second-order valence-corrected chi connectivity index (χ2v) is 4.33. The molecule has 0 N–H and O–H groups in total. The number of Topliss-reactive ketones (excluding diaryl/α,β-unsaturated/α-hetero) is 1. The third kappa shape index (κ3) is 2.29. The summed E-state index contributed by atoms with van der Waals surface area (Å²) in [7, 11) is 0. The van der Waals surface area contributed by atoms with Gasteiger partial charge in [-0.3, -0.25) is 4.79 Å². The van der Waals surface area contributed by atoms with E-state index in [1.807, 2.05) is 0 Å². The van der Waals surface area contributed by atoms with Gasteiger partial charge in [0, 0.05) is 12.3 Å². The minimum Gasteiger partial charge on any atom is -0.299 e. The molecular weight excluding hydrogens is 210 g/mol. The van der Waals surface area contributed by atoms with E-state index in [-0.39, 0.29) is 11.7 Å². The number of ketones is 1. The van der Waals surface area contributed by atoms with Gasteiger partial charge in [0.25, 0.3) is 0 Å². The number of carbonyl (C=O) groups excluding carboxylic acids is 1. The van der Waals surface area contributed by atoms with Crippen molar-refractivity contribution in [3.05, 3.63) is 35.4 Å². The van der Waals surface area contributed by atoms with E-state index in [0.717, 1.165) is 25.3 Å². The number of carbonyl (C=O) groups is 1. The topological polar surface area (TPSA) is 17.1 Å². The SMILES string of the molecule is O=C1CCCCC1Cc1cccc(F)c1F. The van der Waals surface area contributed by atoms with E-state index in [2.05, 4.69) is 0 Å². The van der Waals surface area contributed by atoms with E-state index in [1.165, 1.54) is 6.07 Å². The zero-order chi connectivity index (χ0) is 11.5. The molecule has 0 spiro atoms. The molecule has 0 amide bonds. The maximum Gasteiger partial charge on any atom is 0.162 e. The van der Waals surface area contributed by atoms with Crippen molar-refractivity contribution >= 4 is 5.78 Å². The highest BCUT2D eigenvalue weighted by Crippen LogP contribution is 2.25. The van der Waals surface area contributed by atoms with Gasteiger partial charge in [-0.05, 0) is 30.9 Å². The number of benzene rings is 1. The summed E-state index contributed by atoms with van der Waals surface area (Å²) < 4.78 is 26.4. The predicted octanol–water partition coefficient (Wildman–Crippen LogP) is 3.27. The van der Waals surface area contributed by atoms with Gasteiger partial charge in [-0.15, -0.1) is 0 Å². The van der Waals surface area contributed by atoms with Crippen molar-refractivity contribution in [2.45, 2.75) is 32.1 Å². The first-order valence-electron chi connectivity index (χ1n) is 5.64. The lowest BCUT2D eigenvalue weighted by atomic mass is 9.83. The van der Waals surface area contributed by atoms with Gasteiger partial charge in [-0.25, -0.2) is 8.78 Å². The molecule has 1 atom stereocenters. The molecule has 3 heteroatoms. The summed E-state index contributed by atoms with van der Waals surface area (Å²) >= 11 is 0. The van der Waals surface area contributed by atoms with Gasteiger partial charge in [-0.1, -0.05) is 18.6 Å². The summed E-state index contributed by atoms with van der Waals surface area (Å²) in [5.41, 5.74) is 0.320. The second kappa shape index (κ2) is 4.73. The molecule has 1 unspecified atom stereocenters. The average Bonchev–Trinajstić information content (AvgIpc) is 2.28. The fourth-order valence-electron chi connectivity index (χ4n) is 2.24. The van der Waals surface area contributed by atoms with Crippen molar-refractivity contribution in [1.29, 1.82) is 0 Å². The van der Waals surface area contributed by atoms with Crippen LogP contribution >= 0.6 is 0 Å². The third-order valence-electron chi connectivity index (χ3n) is 3.18. The van der Waals surface area contributed by atoms with Gasteiger partial charge in [0.2, 0.25) is 0 Å². The Balaban J connectivity index is 2.14. The van der Waals surface area contributed by atoms with Gasteiger partial charge in [0.15, 0.2) is 11.6 Å². The Morgan fingerprint density at radius 1 is 1.25 bits per heavy atom. The summed E-state index contributed by atoms with van der Waals surface area (Å²) in [5, 5.41) is 0. The molecule has 1 nitrogen and oxygen atoms in total. The molecule has 1 aliphatic rings. The molecule has 86 valence electrons. The zero-order valence-corrected chi connectivity index (χ0v) is 9.01. The molecule has 16 heavy (non-hydrogen) atoms. The summed E-state index contributed by atoms with van der Waals surface area (Å²) in [4.78, 5) is 11.6. The van der Waals surface area contributed by atoms with Crippen LogP contribution in [0.2, 0.25) is 0 Å². The van der Waals surface area contributed by atoms with Crippen molar-refractivity contribution in [2.24, 2.45) is 5.92 Å². The Kier molecular flexibility index (Phi) is 3.32. The first kappa shape index (κ1) is 11.2. The van der Waals surface area contributed by atoms with E-state index in [0.29, 0.717) is 18.4 Å². The zero-order valence-electron chi connectivity index (χ0n) is 9.01. The fourth-order valence-corrected chi connectivity index (χ4v) is 2.24. The molecule has 0 aliphatic heterocycles. The van der Waals surface area contributed by atoms with E-state index in [1.54, 1.807) is 6.07 Å². The summed E-state index contributed by atoms with van der Waals surface area (Å²) in [6, 6.07) is 4.14. The summed E-state index contributed by atoms with van der Waals surface area (Å²) in [5.74, 6) is -1.57. The van der Waals surface area contributed by atoms with Crippen LogP contribution in [0.5, 0.6) is 0 Å². The Hall–Kier alpha value is -1.25. The lowest BCUT2D eigenvalue weighted by Crippen LogP contribution is -2.21. The van der Waals surface area contributed by atoms with Gasteiger partial charge in [0.05, 0.1) is 0 Å². The molecule has 1 saturated carbocycles. The Bertz CT molecular complexity index is 401. The maximum atomic E-state index is 13.4. The van der Waals surface area contributed by atoms with E-state index in [9.17, 15) is 13.6 Å². The van der Waals surface area contributed by atoms with Crippen LogP contribution in [0.4, 0.5) is 8.78 Å². The Labute approximate surface area is 93.5 Å². The van der Waals surface area contributed by atoms with Crippen LogP contribution in [0.3, 0.4) is 0 Å². The van der Waals surface area contributed by atoms with Crippen LogP contribution in [-0.4, -0.2) is 5.78 Å². The maximum absolute atomic E-state index is 13.4. The largest absolute Gasteiger partial charge is 0.299 e. The fraction of sp³-hybridized carbons (Fsp3) is 0.462. The van der Waals surface area contributed by atoms with Gasteiger partial charge in [0.1, 0.15) is 5.78 Å². The number of rotatable bonds is 2. The predicted molar refractivity (Wildman–Crippen MR) is 57.0 cm³/mol. The van der Waals surface area contributed by atoms with E-state index in [4.69, 9.17) is 0 Å². The van der Waals surface area contributed by atoms with Crippen molar-refractivity contribution in [3.8, 4) is 0 Å². The van der Waals surface area contributed by atoms with Crippen molar-refractivity contribution in [1.82, 2.24) is 0 Å². The molecule has 1 aromatic rings. The number of halogens is 2. The van der Waals surface area contributed by atoms with Crippen LogP contribution in [-0.2, 0) is 11.2 Å². The normalized spacial score (nSPS) is 21.1. The Morgan fingerprint density at radius 3 is 2.81 bits per heavy atom. The molecular formula is C13H14F2O. The highest BCUT2D eigenvalue weighted by molar-refractivity contribution is 5.81. The third-order valence-corrected chi connectivity index (χ3v) is 3.18. The average molecular weight is 224 g/mol. The van der Waals surface area contributed by atoms with Crippen molar-refractivity contribution in [2.75, 3.05) is 0 Å². The van der Waals surface area contributed by atoms with Gasteiger partial charge in [-0.2, -0.15) is 0 Å². The van der Waals surface area contributed by atoms with Crippen molar-refractivity contribution < 1.29 is 13.6 Å². The van der Waals surface area contributed by atoms with Crippen LogP contribution in [0.1, 0.15) is 31.2 Å². The quantitative estimate of drug-likeness (QED) is 0.753. The van der Waals surface area contributed by atoms with E-state index >= 15 is 0 Å². The van der Waals surface area contributed by atoms with Crippen LogP contribution in [0.15, 0.2) is 18.2 Å². The number of hydrogen-bond acceptors (Lipinski definition) is 1. The first-order chi connectivity index (χ1) is 7.68. The van der Waals surface area contributed by atoms with Crippen LogP contribution in [0, 0.1) is 17.6 Å². The highest BCUT2D eigenvalue weighted by Gasteiger charge is 2.23. The minimum atomic E-state index is -0.833. The molecule has 1 aromatic carbocycles. The van der Waals surface area contributed by atoms with Gasteiger partial charge >= 0.3 is 0 Å². The standard InChI is InChI=1S/C13H14F2O/c14-11-6-3-5-10(13(11)15)8-9-4-1-2-7-12(9)16/h3,5-6,9H,1-2,4,7-8H2. The van der Waals surface area contributed by atoms with Crippen LogP contribution < -0.4 is 0 Å².